The highest BCUT2D eigenvalue weighted by atomic mass is 32.2. The van der Waals surface area contributed by atoms with Crippen LogP contribution in [0.25, 0.3) is 0 Å². The fourth-order valence-corrected chi connectivity index (χ4v) is 3.92. The van der Waals surface area contributed by atoms with Crippen molar-refractivity contribution in [2.45, 2.75) is 18.7 Å². The molecule has 1 aromatic rings. The first-order chi connectivity index (χ1) is 11.2. The molecule has 5 nitrogen and oxygen atoms in total. The minimum atomic E-state index is -4.43. The van der Waals surface area contributed by atoms with E-state index in [4.69, 9.17) is 9.84 Å². The van der Waals surface area contributed by atoms with Crippen LogP contribution in [-0.4, -0.2) is 50.8 Å². The predicted octanol–water partition coefficient (Wildman–Crippen LogP) is 1.47. The number of halogens is 3. The van der Waals surface area contributed by atoms with Gasteiger partial charge < -0.3 is 15.2 Å². The van der Waals surface area contributed by atoms with Gasteiger partial charge in [-0.3, -0.25) is 0 Å². The van der Waals surface area contributed by atoms with Crippen LogP contribution in [0.1, 0.15) is 12.0 Å². The van der Waals surface area contributed by atoms with Gasteiger partial charge in [-0.25, -0.2) is 8.42 Å². The summed E-state index contributed by atoms with van der Waals surface area (Å²) in [6.07, 6.45) is -4.38. The largest absolute Gasteiger partial charge is 0.489 e. The molecule has 2 atom stereocenters. The van der Waals surface area contributed by atoms with Gasteiger partial charge in [-0.15, -0.1) is 0 Å². The molecule has 0 radical (unpaired) electrons. The number of ether oxygens (including phenoxy) is 1. The first kappa shape index (κ1) is 19.0. The van der Waals surface area contributed by atoms with Gasteiger partial charge in [-0.1, -0.05) is 0 Å². The summed E-state index contributed by atoms with van der Waals surface area (Å²) in [7, 11) is -3.50. The minimum Gasteiger partial charge on any atom is -0.489 e. The van der Waals surface area contributed by atoms with Gasteiger partial charge in [-0.05, 0) is 37.2 Å². The standard InChI is InChI=1S/C15H20F3NO4S/c16-15(17,18)12-1-3-13(4-2-12)23-14(11-5-6-19-9-11)10-24(21,22)8-7-20/h1-4,11,14,19-20H,5-10H2/t11-,14?/m0/s1. The molecule has 0 aliphatic carbocycles. The van der Waals surface area contributed by atoms with Crippen LogP contribution < -0.4 is 10.1 Å². The zero-order valence-corrected chi connectivity index (χ0v) is 13.7. The van der Waals surface area contributed by atoms with Crippen LogP contribution in [0.5, 0.6) is 5.75 Å². The molecule has 0 amide bonds. The average molecular weight is 367 g/mol. The number of hydrogen-bond acceptors (Lipinski definition) is 5. The molecule has 2 rings (SSSR count). The van der Waals surface area contributed by atoms with Crippen molar-refractivity contribution >= 4 is 9.84 Å². The highest BCUT2D eigenvalue weighted by molar-refractivity contribution is 7.91. The van der Waals surface area contributed by atoms with Crippen LogP contribution in [0, 0.1) is 5.92 Å². The Bertz CT molecular complexity index is 625. The summed E-state index contributed by atoms with van der Waals surface area (Å²) in [4.78, 5) is 0. The van der Waals surface area contributed by atoms with E-state index in [1.54, 1.807) is 0 Å². The monoisotopic (exact) mass is 367 g/mol. The molecule has 2 N–H and O–H groups in total. The normalized spacial score (nSPS) is 20.1. The number of aliphatic hydroxyl groups excluding tert-OH is 1. The van der Waals surface area contributed by atoms with Crippen molar-refractivity contribution in [3.63, 3.8) is 0 Å². The second-order valence-electron chi connectivity index (χ2n) is 5.77. The summed E-state index contributed by atoms with van der Waals surface area (Å²) in [5.74, 6) is -0.499. The number of rotatable bonds is 7. The molecular weight excluding hydrogens is 347 g/mol. The van der Waals surface area contributed by atoms with Crippen molar-refractivity contribution in [3.8, 4) is 5.75 Å². The van der Waals surface area contributed by atoms with E-state index in [0.717, 1.165) is 25.1 Å². The van der Waals surface area contributed by atoms with Gasteiger partial charge in [0.05, 0.1) is 23.7 Å². The van der Waals surface area contributed by atoms with Crippen LogP contribution in [0.4, 0.5) is 13.2 Å². The lowest BCUT2D eigenvalue weighted by atomic mass is 10.0. The third kappa shape index (κ3) is 5.35. The fourth-order valence-electron chi connectivity index (χ4n) is 2.63. The van der Waals surface area contributed by atoms with Gasteiger partial charge in [0.1, 0.15) is 11.9 Å². The van der Waals surface area contributed by atoms with Crippen LogP contribution in [-0.2, 0) is 16.0 Å². The van der Waals surface area contributed by atoms with Gasteiger partial charge in [-0.2, -0.15) is 13.2 Å². The second-order valence-corrected chi connectivity index (χ2v) is 8.00. The molecular formula is C15H20F3NO4S. The fraction of sp³-hybridized carbons (Fsp3) is 0.600. The molecule has 1 aromatic carbocycles. The van der Waals surface area contributed by atoms with Crippen LogP contribution in [0.2, 0.25) is 0 Å². The number of aliphatic hydroxyl groups is 1. The molecule has 1 aliphatic heterocycles. The molecule has 1 saturated heterocycles. The Morgan fingerprint density at radius 2 is 1.96 bits per heavy atom. The van der Waals surface area contributed by atoms with Crippen LogP contribution in [0.3, 0.4) is 0 Å². The SMILES string of the molecule is O=S(=O)(CCO)CC(Oc1ccc(C(F)(F)F)cc1)[C@H]1CCNC1. The van der Waals surface area contributed by atoms with E-state index < -0.39 is 34.3 Å². The van der Waals surface area contributed by atoms with Gasteiger partial charge in [0.25, 0.3) is 0 Å². The third-order valence-corrected chi connectivity index (χ3v) is 5.55. The molecule has 1 heterocycles. The molecule has 1 fully saturated rings. The number of sulfone groups is 1. The van der Waals surface area contributed by atoms with Gasteiger partial charge in [0.15, 0.2) is 9.84 Å². The second kappa shape index (κ2) is 7.71. The minimum absolute atomic E-state index is 0.0549. The predicted molar refractivity (Wildman–Crippen MR) is 82.6 cm³/mol. The lowest BCUT2D eigenvalue weighted by molar-refractivity contribution is -0.137. The Kier molecular flexibility index (Phi) is 6.11. The zero-order chi connectivity index (χ0) is 17.8. The van der Waals surface area contributed by atoms with Crippen molar-refractivity contribution in [3.05, 3.63) is 29.8 Å². The Labute approximate surface area is 138 Å². The van der Waals surface area contributed by atoms with E-state index in [-0.39, 0.29) is 23.2 Å². The highest BCUT2D eigenvalue weighted by Gasteiger charge is 2.32. The molecule has 136 valence electrons. The molecule has 0 bridgehead atoms. The Morgan fingerprint density at radius 1 is 1.29 bits per heavy atom. The van der Waals surface area contributed by atoms with E-state index in [1.807, 2.05) is 0 Å². The summed E-state index contributed by atoms with van der Waals surface area (Å²) in [5.41, 5.74) is -0.790. The molecule has 0 aromatic heterocycles. The van der Waals surface area contributed by atoms with E-state index >= 15 is 0 Å². The molecule has 1 aliphatic rings. The quantitative estimate of drug-likeness (QED) is 0.763. The number of alkyl halides is 3. The average Bonchev–Trinajstić information content (AvgIpc) is 3.00. The molecule has 0 saturated carbocycles. The first-order valence-corrected chi connectivity index (χ1v) is 9.39. The van der Waals surface area contributed by atoms with Crippen molar-refractivity contribution < 1.29 is 31.4 Å². The molecule has 1 unspecified atom stereocenters. The summed E-state index contributed by atoms with van der Waals surface area (Å²) >= 11 is 0. The molecule has 9 heteroatoms. The van der Waals surface area contributed by atoms with E-state index in [9.17, 15) is 21.6 Å². The van der Waals surface area contributed by atoms with Crippen LogP contribution in [0.15, 0.2) is 24.3 Å². The van der Waals surface area contributed by atoms with Crippen molar-refractivity contribution in [2.75, 3.05) is 31.2 Å². The Balaban J connectivity index is 2.13. The summed E-state index contributed by atoms with van der Waals surface area (Å²) in [6.45, 7) is 0.843. The summed E-state index contributed by atoms with van der Waals surface area (Å²) < 4.78 is 67.4. The van der Waals surface area contributed by atoms with Crippen molar-refractivity contribution in [2.24, 2.45) is 5.92 Å². The lowest BCUT2D eigenvalue weighted by Crippen LogP contribution is -2.36. The Hall–Kier alpha value is -1.32. The Morgan fingerprint density at radius 3 is 2.46 bits per heavy atom. The summed E-state index contributed by atoms with van der Waals surface area (Å²) in [6, 6.07) is 4.19. The molecule has 0 spiro atoms. The summed E-state index contributed by atoms with van der Waals surface area (Å²) in [5, 5.41) is 12.0. The van der Waals surface area contributed by atoms with Crippen molar-refractivity contribution in [1.82, 2.24) is 5.32 Å². The van der Waals surface area contributed by atoms with Crippen LogP contribution >= 0.6 is 0 Å². The highest BCUT2D eigenvalue weighted by Crippen LogP contribution is 2.31. The number of benzene rings is 1. The zero-order valence-electron chi connectivity index (χ0n) is 12.9. The lowest BCUT2D eigenvalue weighted by Gasteiger charge is -2.24. The van der Waals surface area contributed by atoms with E-state index in [0.29, 0.717) is 6.54 Å². The van der Waals surface area contributed by atoms with Crippen molar-refractivity contribution in [1.29, 1.82) is 0 Å². The number of nitrogens with one attached hydrogen (secondary N) is 1. The smallest absolute Gasteiger partial charge is 0.416 e. The maximum atomic E-state index is 12.6. The van der Waals surface area contributed by atoms with Gasteiger partial charge in [0, 0.05) is 12.5 Å². The maximum absolute atomic E-state index is 12.6. The third-order valence-electron chi connectivity index (χ3n) is 3.91. The van der Waals surface area contributed by atoms with Gasteiger partial charge >= 0.3 is 6.18 Å². The maximum Gasteiger partial charge on any atom is 0.416 e. The topological polar surface area (TPSA) is 75.6 Å². The first-order valence-electron chi connectivity index (χ1n) is 7.57. The van der Waals surface area contributed by atoms with E-state index in [2.05, 4.69) is 5.32 Å². The van der Waals surface area contributed by atoms with E-state index in [1.165, 1.54) is 12.1 Å². The molecule has 24 heavy (non-hydrogen) atoms. The number of hydrogen-bond donors (Lipinski definition) is 2. The van der Waals surface area contributed by atoms with Gasteiger partial charge in [0.2, 0.25) is 0 Å².